The number of amides is 1. The highest BCUT2D eigenvalue weighted by Gasteiger charge is 2.26. The van der Waals surface area contributed by atoms with Crippen molar-refractivity contribution in [1.82, 2.24) is 14.8 Å². The molecule has 29 heavy (non-hydrogen) atoms. The Morgan fingerprint density at radius 1 is 1.14 bits per heavy atom. The summed E-state index contributed by atoms with van der Waals surface area (Å²) in [6, 6.07) is 5.15. The second-order valence-electron chi connectivity index (χ2n) is 7.58. The average Bonchev–Trinajstić information content (AvgIpc) is 3.22. The van der Waals surface area contributed by atoms with Gasteiger partial charge in [-0.05, 0) is 44.1 Å². The van der Waals surface area contributed by atoms with E-state index in [1.807, 2.05) is 4.90 Å². The molecule has 2 aromatic rings. The lowest BCUT2D eigenvalue weighted by Gasteiger charge is -2.34. The summed E-state index contributed by atoms with van der Waals surface area (Å²) in [5.41, 5.74) is 1.72. The molecule has 0 N–H and O–H groups in total. The molecule has 2 saturated heterocycles. The van der Waals surface area contributed by atoms with Gasteiger partial charge in [0.25, 0.3) is 5.91 Å². The number of piperazine rings is 1. The van der Waals surface area contributed by atoms with Crippen LogP contribution in [0.25, 0.3) is 0 Å². The van der Waals surface area contributed by atoms with E-state index >= 15 is 0 Å². The maximum atomic E-state index is 12.9. The van der Waals surface area contributed by atoms with Gasteiger partial charge in [-0.25, -0.2) is 4.98 Å². The molecule has 0 aliphatic carbocycles. The number of aromatic nitrogens is 1. The molecular weight excluding hydrogens is 408 g/mol. The van der Waals surface area contributed by atoms with Crippen LogP contribution in [0.5, 0.6) is 5.75 Å². The minimum Gasteiger partial charge on any atom is -0.496 e. The van der Waals surface area contributed by atoms with E-state index in [0.717, 1.165) is 30.5 Å². The third-order valence-electron chi connectivity index (χ3n) is 5.61. The van der Waals surface area contributed by atoms with Gasteiger partial charge in [-0.1, -0.05) is 18.0 Å². The Morgan fingerprint density at radius 3 is 2.62 bits per heavy atom. The predicted octanol–water partition coefficient (Wildman–Crippen LogP) is 3.75. The van der Waals surface area contributed by atoms with E-state index in [0.29, 0.717) is 29.4 Å². The van der Waals surface area contributed by atoms with Crippen molar-refractivity contribution < 1.29 is 9.53 Å². The first kappa shape index (κ1) is 20.4. The van der Waals surface area contributed by atoms with Crippen LogP contribution in [-0.2, 0) is 6.54 Å². The van der Waals surface area contributed by atoms with Gasteiger partial charge in [0.15, 0.2) is 5.13 Å². The zero-order chi connectivity index (χ0) is 20.2. The van der Waals surface area contributed by atoms with E-state index < -0.39 is 0 Å². The number of ether oxygens (including phenoxy) is 1. The lowest BCUT2D eigenvalue weighted by molar-refractivity contribution is 0.0743. The third kappa shape index (κ3) is 4.85. The highest BCUT2D eigenvalue weighted by molar-refractivity contribution is 7.13. The summed E-state index contributed by atoms with van der Waals surface area (Å²) in [6.45, 7) is 6.24. The molecule has 2 fully saturated rings. The Morgan fingerprint density at radius 2 is 1.90 bits per heavy atom. The molecule has 1 aromatic carbocycles. The number of thiazole rings is 1. The average molecular weight is 435 g/mol. The number of hydrogen-bond acceptors (Lipinski definition) is 6. The molecule has 4 rings (SSSR count). The van der Waals surface area contributed by atoms with Crippen LogP contribution in [-0.4, -0.2) is 67.1 Å². The maximum Gasteiger partial charge on any atom is 0.257 e. The van der Waals surface area contributed by atoms with E-state index in [2.05, 4.69) is 15.2 Å². The fraction of sp³-hybridized carbons (Fsp3) is 0.524. The quantitative estimate of drug-likeness (QED) is 0.717. The first-order valence-electron chi connectivity index (χ1n) is 10.2. The number of likely N-dealkylation sites (tertiary alicyclic amines) is 1. The zero-order valence-electron chi connectivity index (χ0n) is 16.8. The fourth-order valence-corrected chi connectivity index (χ4v) is 5.01. The summed E-state index contributed by atoms with van der Waals surface area (Å²) in [6.07, 6.45) is 3.94. The van der Waals surface area contributed by atoms with Gasteiger partial charge in [0.2, 0.25) is 0 Å². The number of methoxy groups -OCH3 is 1. The minimum absolute atomic E-state index is 0.0110. The topological polar surface area (TPSA) is 48.9 Å². The Kier molecular flexibility index (Phi) is 6.57. The van der Waals surface area contributed by atoms with Crippen LogP contribution in [0.4, 0.5) is 5.13 Å². The van der Waals surface area contributed by atoms with Crippen LogP contribution in [0.15, 0.2) is 23.6 Å². The van der Waals surface area contributed by atoms with Gasteiger partial charge < -0.3 is 14.5 Å². The summed E-state index contributed by atoms with van der Waals surface area (Å²) < 4.78 is 5.34. The van der Waals surface area contributed by atoms with Crippen molar-refractivity contribution in [3.8, 4) is 5.75 Å². The number of benzene rings is 1. The van der Waals surface area contributed by atoms with Gasteiger partial charge in [-0.3, -0.25) is 9.69 Å². The molecule has 6 nitrogen and oxygen atoms in total. The molecule has 2 aliphatic rings. The zero-order valence-corrected chi connectivity index (χ0v) is 18.3. The Bertz CT molecular complexity index is 845. The van der Waals surface area contributed by atoms with Crippen molar-refractivity contribution in [2.45, 2.75) is 25.8 Å². The second-order valence-corrected chi connectivity index (χ2v) is 8.86. The number of anilines is 1. The second kappa shape index (κ2) is 9.32. The fourth-order valence-electron chi connectivity index (χ4n) is 3.97. The van der Waals surface area contributed by atoms with Crippen molar-refractivity contribution in [1.29, 1.82) is 0 Å². The number of piperidine rings is 1. The number of nitrogens with zero attached hydrogens (tertiary/aromatic N) is 4. The third-order valence-corrected chi connectivity index (χ3v) is 6.79. The number of carbonyl (C=O) groups excluding carboxylic acids is 1. The van der Waals surface area contributed by atoms with E-state index in [4.69, 9.17) is 21.3 Å². The molecule has 0 atom stereocenters. The van der Waals surface area contributed by atoms with Crippen LogP contribution < -0.4 is 9.64 Å². The molecule has 1 amide bonds. The summed E-state index contributed by atoms with van der Waals surface area (Å²) in [5, 5.41) is 3.81. The lowest BCUT2D eigenvalue weighted by atomic mass is 10.1. The molecule has 8 heteroatoms. The van der Waals surface area contributed by atoms with Crippen LogP contribution in [0.3, 0.4) is 0 Å². The monoisotopic (exact) mass is 434 g/mol. The molecule has 1 aromatic heterocycles. The van der Waals surface area contributed by atoms with Crippen molar-refractivity contribution in [3.05, 3.63) is 39.9 Å². The van der Waals surface area contributed by atoms with Crippen molar-refractivity contribution in [2.75, 3.05) is 51.3 Å². The molecule has 0 saturated carbocycles. The van der Waals surface area contributed by atoms with E-state index in [-0.39, 0.29) is 5.91 Å². The first-order chi connectivity index (χ1) is 14.1. The van der Waals surface area contributed by atoms with Crippen LogP contribution >= 0.6 is 22.9 Å². The molecule has 2 aliphatic heterocycles. The first-order valence-corrected chi connectivity index (χ1v) is 11.4. The number of carbonyl (C=O) groups is 1. The molecule has 0 spiro atoms. The van der Waals surface area contributed by atoms with Gasteiger partial charge in [0.1, 0.15) is 5.75 Å². The normalized spacial score (nSPS) is 18.1. The van der Waals surface area contributed by atoms with E-state index in [1.54, 1.807) is 36.6 Å². The van der Waals surface area contributed by atoms with E-state index in [1.165, 1.54) is 32.4 Å². The van der Waals surface area contributed by atoms with Gasteiger partial charge in [-0.2, -0.15) is 0 Å². The minimum atomic E-state index is -0.0110. The smallest absolute Gasteiger partial charge is 0.257 e. The molecular formula is C21H27ClN4O2S. The molecule has 156 valence electrons. The SMILES string of the molecule is COc1cc(Cl)ccc1C(=O)N1CCN(c2nc(CN3CCCCC3)cs2)CC1. The Balaban J connectivity index is 1.34. The summed E-state index contributed by atoms with van der Waals surface area (Å²) >= 11 is 7.72. The van der Waals surface area contributed by atoms with Crippen molar-refractivity contribution >= 4 is 34.0 Å². The number of rotatable bonds is 5. The summed E-state index contributed by atoms with van der Waals surface area (Å²) in [4.78, 5) is 24.4. The highest BCUT2D eigenvalue weighted by Crippen LogP contribution is 2.27. The van der Waals surface area contributed by atoms with Crippen LogP contribution in [0, 0.1) is 0 Å². The van der Waals surface area contributed by atoms with Crippen LogP contribution in [0.2, 0.25) is 5.02 Å². The highest BCUT2D eigenvalue weighted by atomic mass is 35.5. The standard InChI is InChI=1S/C21H27ClN4O2S/c1-28-19-13-16(22)5-6-18(19)20(27)25-9-11-26(12-10-25)21-23-17(15-29-21)14-24-7-3-2-4-8-24/h5-6,13,15H,2-4,7-12,14H2,1H3. The number of hydrogen-bond donors (Lipinski definition) is 0. The van der Waals surface area contributed by atoms with E-state index in [9.17, 15) is 4.79 Å². The lowest BCUT2D eigenvalue weighted by Crippen LogP contribution is -2.48. The van der Waals surface area contributed by atoms with Crippen molar-refractivity contribution in [3.63, 3.8) is 0 Å². The number of halogens is 1. The summed E-state index contributed by atoms with van der Waals surface area (Å²) in [7, 11) is 1.56. The molecule has 0 bridgehead atoms. The Hall–Kier alpha value is -1.83. The molecule has 3 heterocycles. The largest absolute Gasteiger partial charge is 0.496 e. The molecule has 0 radical (unpaired) electrons. The Labute approximate surface area is 181 Å². The maximum absolute atomic E-state index is 12.9. The van der Waals surface area contributed by atoms with Gasteiger partial charge in [-0.15, -0.1) is 11.3 Å². The van der Waals surface area contributed by atoms with Gasteiger partial charge >= 0.3 is 0 Å². The molecule has 0 unspecified atom stereocenters. The van der Waals surface area contributed by atoms with Gasteiger partial charge in [0.05, 0.1) is 18.4 Å². The van der Waals surface area contributed by atoms with Crippen molar-refractivity contribution in [2.24, 2.45) is 0 Å². The van der Waals surface area contributed by atoms with Gasteiger partial charge in [0, 0.05) is 43.1 Å². The predicted molar refractivity (Wildman–Crippen MR) is 117 cm³/mol. The van der Waals surface area contributed by atoms with Crippen LogP contribution in [0.1, 0.15) is 35.3 Å². The summed E-state index contributed by atoms with van der Waals surface area (Å²) in [5.74, 6) is 0.510.